The Hall–Kier alpha value is -1.77. The lowest BCUT2D eigenvalue weighted by atomic mass is 10.1. The van der Waals surface area contributed by atoms with Gasteiger partial charge in [0.1, 0.15) is 0 Å². The normalized spacial score (nSPS) is 25.0. The molecule has 1 saturated carbocycles. The van der Waals surface area contributed by atoms with Crippen molar-refractivity contribution in [2.75, 3.05) is 0 Å². The van der Waals surface area contributed by atoms with E-state index in [2.05, 4.69) is 0 Å². The standard InChI is InChI=1S/C16H18F4O2/c1-6-12(11(17)8-16(18,19)20)22-14(21)13-10(7-9(2)3)15(13,4)5/h1,7-8,10,12-13H,2-5H3/b11-8-. The van der Waals surface area contributed by atoms with E-state index < -0.39 is 41.5 Å². The minimum Gasteiger partial charge on any atom is -0.441 e. The summed E-state index contributed by atoms with van der Waals surface area (Å²) in [5.74, 6) is -1.42. The first kappa shape index (κ1) is 18.3. The van der Waals surface area contributed by atoms with Gasteiger partial charge in [0, 0.05) is 0 Å². The van der Waals surface area contributed by atoms with Crippen LogP contribution in [0.2, 0.25) is 0 Å². The van der Waals surface area contributed by atoms with E-state index in [9.17, 15) is 22.4 Å². The molecule has 0 aromatic carbocycles. The lowest BCUT2D eigenvalue weighted by molar-refractivity contribution is -0.148. The molecular formula is C16H18F4O2. The number of halogens is 4. The van der Waals surface area contributed by atoms with Gasteiger partial charge in [0.15, 0.2) is 5.83 Å². The first-order valence-corrected chi connectivity index (χ1v) is 6.66. The van der Waals surface area contributed by atoms with Gasteiger partial charge in [-0.05, 0) is 25.2 Å². The van der Waals surface area contributed by atoms with Crippen molar-refractivity contribution in [1.82, 2.24) is 0 Å². The molecule has 0 aromatic heterocycles. The van der Waals surface area contributed by atoms with Crippen LogP contribution in [-0.4, -0.2) is 18.2 Å². The highest BCUT2D eigenvalue weighted by molar-refractivity contribution is 5.79. The molecule has 0 N–H and O–H groups in total. The molecule has 3 unspecified atom stereocenters. The predicted molar refractivity (Wildman–Crippen MR) is 74.2 cm³/mol. The van der Waals surface area contributed by atoms with Gasteiger partial charge < -0.3 is 4.74 Å². The quantitative estimate of drug-likeness (QED) is 0.336. The van der Waals surface area contributed by atoms with Crippen LogP contribution in [0.3, 0.4) is 0 Å². The molecule has 0 aliphatic heterocycles. The summed E-state index contributed by atoms with van der Waals surface area (Å²) in [6.45, 7) is 7.39. The van der Waals surface area contributed by atoms with Crippen LogP contribution in [0.4, 0.5) is 17.6 Å². The molecule has 1 fully saturated rings. The van der Waals surface area contributed by atoms with Gasteiger partial charge in [-0.1, -0.05) is 31.4 Å². The van der Waals surface area contributed by atoms with Gasteiger partial charge in [-0.2, -0.15) is 13.2 Å². The number of carbonyl (C=O) groups is 1. The highest BCUT2D eigenvalue weighted by Gasteiger charge is 2.61. The second-order valence-corrected chi connectivity index (χ2v) is 6.12. The molecule has 0 heterocycles. The number of carbonyl (C=O) groups excluding carboxylic acids is 1. The van der Waals surface area contributed by atoms with Crippen molar-refractivity contribution < 1.29 is 27.1 Å². The Kier molecular flexibility index (Phi) is 5.11. The molecule has 0 spiro atoms. The molecule has 2 nitrogen and oxygen atoms in total. The SMILES string of the molecule is C#CC(OC(=O)C1C(C=C(C)C)C1(C)C)/C(F)=C/C(F)(F)F. The third-order valence-corrected chi connectivity index (χ3v) is 3.61. The zero-order valence-electron chi connectivity index (χ0n) is 12.8. The maximum absolute atomic E-state index is 13.4. The first-order valence-electron chi connectivity index (χ1n) is 6.66. The Morgan fingerprint density at radius 2 is 1.91 bits per heavy atom. The summed E-state index contributed by atoms with van der Waals surface area (Å²) in [6, 6.07) is 0. The lowest BCUT2D eigenvalue weighted by Crippen LogP contribution is -2.21. The van der Waals surface area contributed by atoms with Gasteiger partial charge in [0.25, 0.3) is 0 Å². The largest absolute Gasteiger partial charge is 0.441 e. The van der Waals surface area contributed by atoms with Gasteiger partial charge in [-0.25, -0.2) is 4.39 Å². The molecule has 1 aliphatic rings. The van der Waals surface area contributed by atoms with Crippen molar-refractivity contribution in [3.05, 3.63) is 23.6 Å². The molecule has 0 amide bonds. The molecule has 122 valence electrons. The van der Waals surface area contributed by atoms with Crippen molar-refractivity contribution in [3.63, 3.8) is 0 Å². The molecular weight excluding hydrogens is 300 g/mol. The van der Waals surface area contributed by atoms with Crippen LogP contribution in [0, 0.1) is 29.6 Å². The molecule has 6 heteroatoms. The summed E-state index contributed by atoms with van der Waals surface area (Å²) in [4.78, 5) is 12.0. The summed E-state index contributed by atoms with van der Waals surface area (Å²) >= 11 is 0. The molecule has 0 saturated heterocycles. The Morgan fingerprint density at radius 3 is 2.32 bits per heavy atom. The highest BCUT2D eigenvalue weighted by Crippen LogP contribution is 2.60. The van der Waals surface area contributed by atoms with Crippen molar-refractivity contribution in [1.29, 1.82) is 0 Å². The summed E-state index contributed by atoms with van der Waals surface area (Å²) in [6.07, 6.45) is -0.582. The number of rotatable bonds is 4. The third-order valence-electron chi connectivity index (χ3n) is 3.61. The zero-order valence-corrected chi connectivity index (χ0v) is 12.8. The summed E-state index contributed by atoms with van der Waals surface area (Å²) < 4.78 is 54.5. The lowest BCUT2D eigenvalue weighted by Gasteiger charge is -2.12. The molecule has 22 heavy (non-hydrogen) atoms. The van der Waals surface area contributed by atoms with E-state index in [0.717, 1.165) is 5.57 Å². The minimum atomic E-state index is -4.87. The van der Waals surface area contributed by atoms with Crippen LogP contribution in [0.15, 0.2) is 23.6 Å². The number of alkyl halides is 3. The first-order chi connectivity index (χ1) is 9.90. The van der Waals surface area contributed by atoms with Crippen LogP contribution in [0.25, 0.3) is 0 Å². The molecule has 1 aliphatic carbocycles. The molecule has 0 bridgehead atoms. The fourth-order valence-corrected chi connectivity index (χ4v) is 2.39. The Balaban J connectivity index is 2.82. The average molecular weight is 318 g/mol. The van der Waals surface area contributed by atoms with Gasteiger partial charge in [0.2, 0.25) is 6.10 Å². The third kappa shape index (κ3) is 4.36. The number of terminal acetylenes is 1. The number of esters is 1. The van der Waals surface area contributed by atoms with Crippen molar-refractivity contribution >= 4 is 5.97 Å². The van der Waals surface area contributed by atoms with Crippen LogP contribution < -0.4 is 0 Å². The van der Waals surface area contributed by atoms with Crippen molar-refractivity contribution in [2.45, 2.75) is 40.0 Å². The van der Waals surface area contributed by atoms with Crippen molar-refractivity contribution in [2.24, 2.45) is 17.3 Å². The van der Waals surface area contributed by atoms with Gasteiger partial charge in [-0.3, -0.25) is 4.79 Å². The number of ether oxygens (including phenoxy) is 1. The minimum absolute atomic E-state index is 0.0990. The fourth-order valence-electron chi connectivity index (χ4n) is 2.39. The van der Waals surface area contributed by atoms with Gasteiger partial charge in [-0.15, -0.1) is 6.42 Å². The molecule has 3 atom stereocenters. The van der Waals surface area contributed by atoms with Crippen molar-refractivity contribution in [3.8, 4) is 12.3 Å². The Bertz CT molecular complexity index is 545. The highest BCUT2D eigenvalue weighted by atomic mass is 19.4. The monoisotopic (exact) mass is 318 g/mol. The summed E-state index contributed by atoms with van der Waals surface area (Å²) in [5, 5.41) is 0. The van der Waals surface area contributed by atoms with E-state index in [-0.39, 0.29) is 5.92 Å². The Morgan fingerprint density at radius 1 is 1.36 bits per heavy atom. The topological polar surface area (TPSA) is 26.3 Å². The average Bonchev–Trinajstić information content (AvgIpc) is 2.84. The second-order valence-electron chi connectivity index (χ2n) is 6.12. The Labute approximate surface area is 127 Å². The number of hydrogen-bond donors (Lipinski definition) is 0. The molecule has 1 rings (SSSR count). The molecule has 0 aromatic rings. The van der Waals surface area contributed by atoms with E-state index in [4.69, 9.17) is 11.2 Å². The second kappa shape index (κ2) is 6.15. The zero-order chi connectivity index (χ0) is 17.3. The van der Waals surface area contributed by atoms with Crippen LogP contribution in [0.5, 0.6) is 0 Å². The molecule has 0 radical (unpaired) electrons. The summed E-state index contributed by atoms with van der Waals surface area (Å²) in [5.41, 5.74) is 0.613. The van der Waals surface area contributed by atoms with E-state index in [0.29, 0.717) is 0 Å². The van der Waals surface area contributed by atoms with Crippen LogP contribution in [0.1, 0.15) is 27.7 Å². The summed E-state index contributed by atoms with van der Waals surface area (Å²) in [7, 11) is 0. The maximum Gasteiger partial charge on any atom is 0.412 e. The smallest absolute Gasteiger partial charge is 0.412 e. The van der Waals surface area contributed by atoms with E-state index in [1.165, 1.54) is 0 Å². The maximum atomic E-state index is 13.4. The van der Waals surface area contributed by atoms with Gasteiger partial charge >= 0.3 is 12.1 Å². The number of allylic oxidation sites excluding steroid dienone is 3. The van der Waals surface area contributed by atoms with Crippen LogP contribution >= 0.6 is 0 Å². The number of hydrogen-bond acceptors (Lipinski definition) is 2. The van der Waals surface area contributed by atoms with E-state index in [1.54, 1.807) is 5.92 Å². The van der Waals surface area contributed by atoms with E-state index >= 15 is 0 Å². The van der Waals surface area contributed by atoms with E-state index in [1.807, 2.05) is 33.8 Å². The van der Waals surface area contributed by atoms with Gasteiger partial charge in [0.05, 0.1) is 12.0 Å². The fraction of sp³-hybridized carbons (Fsp3) is 0.562. The van der Waals surface area contributed by atoms with Crippen LogP contribution in [-0.2, 0) is 9.53 Å². The predicted octanol–water partition coefficient (Wildman–Crippen LogP) is 4.19.